The summed E-state index contributed by atoms with van der Waals surface area (Å²) in [6.07, 6.45) is 1.37. The lowest BCUT2D eigenvalue weighted by Crippen LogP contribution is -2.27. The zero-order valence-electron chi connectivity index (χ0n) is 11.0. The molecule has 0 spiro atoms. The lowest BCUT2D eigenvalue weighted by molar-refractivity contribution is 0.160. The van der Waals surface area contributed by atoms with Crippen molar-refractivity contribution in [3.63, 3.8) is 0 Å². The Hall–Kier alpha value is -1.72. The summed E-state index contributed by atoms with van der Waals surface area (Å²) in [7, 11) is 0. The zero-order valence-corrected chi connectivity index (χ0v) is 11.0. The maximum absolute atomic E-state index is 11.8. The number of para-hydroxylation sites is 1. The number of nitrogens with one attached hydrogen (secondary N) is 2. The summed E-state index contributed by atoms with van der Waals surface area (Å²) < 4.78 is 0. The van der Waals surface area contributed by atoms with Crippen LogP contribution in [0, 0.1) is 0 Å². The molecule has 102 valence electrons. The average molecular weight is 261 g/mol. The number of aliphatic hydroxyl groups excluding tert-OH is 1. The number of hydrogen-bond donors (Lipinski definition) is 3. The lowest BCUT2D eigenvalue weighted by atomic mass is 10.2. The van der Waals surface area contributed by atoms with E-state index in [9.17, 15) is 9.90 Å². The van der Waals surface area contributed by atoms with Crippen LogP contribution in [-0.4, -0.2) is 27.7 Å². The number of aromatic amines is 1. The molecule has 0 aliphatic rings. The van der Waals surface area contributed by atoms with Crippen LogP contribution in [-0.2, 0) is 6.54 Å². The molecule has 0 saturated carbocycles. The zero-order chi connectivity index (χ0) is 13.7. The topological polar surface area (TPSA) is 78.0 Å². The van der Waals surface area contributed by atoms with Gasteiger partial charge in [-0.2, -0.15) is 0 Å². The Labute approximate surface area is 111 Å². The van der Waals surface area contributed by atoms with Crippen LogP contribution in [0.15, 0.2) is 29.1 Å². The first-order valence-electron chi connectivity index (χ1n) is 6.57. The standard InChI is InChI=1S/C14H19N3O2/c1-2-5-10(18)8-15-9-13-16-12-7-4-3-6-11(12)14(19)17-13/h3-4,6-7,10,15,18H,2,5,8-9H2,1H3,(H,16,17,19). The Morgan fingerprint density at radius 2 is 2.21 bits per heavy atom. The van der Waals surface area contributed by atoms with Crippen molar-refractivity contribution in [1.82, 2.24) is 15.3 Å². The molecule has 1 atom stereocenters. The molecule has 5 nitrogen and oxygen atoms in total. The van der Waals surface area contributed by atoms with Crippen LogP contribution < -0.4 is 10.9 Å². The van der Waals surface area contributed by atoms with Crippen molar-refractivity contribution < 1.29 is 5.11 Å². The van der Waals surface area contributed by atoms with Gasteiger partial charge in [0.1, 0.15) is 5.82 Å². The highest BCUT2D eigenvalue weighted by molar-refractivity contribution is 5.77. The highest BCUT2D eigenvalue weighted by atomic mass is 16.3. The summed E-state index contributed by atoms with van der Waals surface area (Å²) in [6.45, 7) is 2.98. The Bertz CT molecular complexity index is 595. The first kappa shape index (κ1) is 13.7. The molecule has 0 radical (unpaired) electrons. The molecule has 0 aliphatic heterocycles. The third-order valence-corrected chi connectivity index (χ3v) is 2.96. The smallest absolute Gasteiger partial charge is 0.258 e. The average Bonchev–Trinajstić information content (AvgIpc) is 2.39. The molecule has 3 N–H and O–H groups in total. The third kappa shape index (κ3) is 3.62. The van der Waals surface area contributed by atoms with E-state index in [1.54, 1.807) is 6.07 Å². The summed E-state index contributed by atoms with van der Waals surface area (Å²) in [6, 6.07) is 7.25. The van der Waals surface area contributed by atoms with E-state index < -0.39 is 0 Å². The van der Waals surface area contributed by atoms with E-state index >= 15 is 0 Å². The second kappa shape index (κ2) is 6.45. The largest absolute Gasteiger partial charge is 0.392 e. The third-order valence-electron chi connectivity index (χ3n) is 2.96. The fraction of sp³-hybridized carbons (Fsp3) is 0.429. The van der Waals surface area contributed by atoms with Crippen LogP contribution >= 0.6 is 0 Å². The molecule has 0 aliphatic carbocycles. The highest BCUT2D eigenvalue weighted by Gasteiger charge is 2.05. The van der Waals surface area contributed by atoms with E-state index in [1.165, 1.54) is 0 Å². The maximum atomic E-state index is 11.8. The summed E-state index contributed by atoms with van der Waals surface area (Å²) in [5.74, 6) is 0.590. The fourth-order valence-electron chi connectivity index (χ4n) is 2.01. The Morgan fingerprint density at radius 1 is 1.42 bits per heavy atom. The minimum atomic E-state index is -0.350. The fourth-order valence-corrected chi connectivity index (χ4v) is 2.01. The van der Waals surface area contributed by atoms with Crippen LogP contribution in [0.1, 0.15) is 25.6 Å². The Kier molecular flexibility index (Phi) is 4.65. The molecule has 1 aromatic heterocycles. The Morgan fingerprint density at radius 3 is 3.00 bits per heavy atom. The number of hydrogen-bond acceptors (Lipinski definition) is 4. The van der Waals surface area contributed by atoms with Gasteiger partial charge in [0.25, 0.3) is 5.56 Å². The van der Waals surface area contributed by atoms with Gasteiger partial charge in [0, 0.05) is 6.54 Å². The molecule has 0 fully saturated rings. The van der Waals surface area contributed by atoms with Gasteiger partial charge in [0.15, 0.2) is 0 Å². The van der Waals surface area contributed by atoms with Crippen LogP contribution in [0.4, 0.5) is 0 Å². The van der Waals surface area contributed by atoms with Gasteiger partial charge in [-0.1, -0.05) is 25.5 Å². The number of benzene rings is 1. The number of nitrogens with zero attached hydrogens (tertiary/aromatic N) is 1. The monoisotopic (exact) mass is 261 g/mol. The minimum Gasteiger partial charge on any atom is -0.392 e. The summed E-state index contributed by atoms with van der Waals surface area (Å²) >= 11 is 0. The van der Waals surface area contributed by atoms with Crippen molar-refractivity contribution in [1.29, 1.82) is 0 Å². The maximum Gasteiger partial charge on any atom is 0.258 e. The van der Waals surface area contributed by atoms with Gasteiger partial charge in [-0.25, -0.2) is 4.98 Å². The van der Waals surface area contributed by atoms with Gasteiger partial charge in [-0.05, 0) is 18.6 Å². The summed E-state index contributed by atoms with van der Waals surface area (Å²) in [4.78, 5) is 19.0. The number of H-pyrrole nitrogens is 1. The minimum absolute atomic E-state index is 0.128. The van der Waals surface area contributed by atoms with Crippen LogP contribution in [0.25, 0.3) is 10.9 Å². The summed E-state index contributed by atoms with van der Waals surface area (Å²) in [5.41, 5.74) is 0.564. The molecule has 1 unspecified atom stereocenters. The van der Waals surface area contributed by atoms with Gasteiger partial charge >= 0.3 is 0 Å². The molecule has 2 aromatic rings. The van der Waals surface area contributed by atoms with E-state index in [0.29, 0.717) is 29.8 Å². The number of fused-ring (bicyclic) bond motifs is 1. The van der Waals surface area contributed by atoms with Crippen LogP contribution in [0.2, 0.25) is 0 Å². The van der Waals surface area contributed by atoms with Crippen molar-refractivity contribution in [2.45, 2.75) is 32.4 Å². The first-order valence-corrected chi connectivity index (χ1v) is 6.57. The van der Waals surface area contributed by atoms with E-state index in [-0.39, 0.29) is 11.7 Å². The lowest BCUT2D eigenvalue weighted by Gasteiger charge is -2.10. The van der Waals surface area contributed by atoms with E-state index in [2.05, 4.69) is 15.3 Å². The van der Waals surface area contributed by atoms with Crippen molar-refractivity contribution in [3.8, 4) is 0 Å². The van der Waals surface area contributed by atoms with Crippen LogP contribution in [0.5, 0.6) is 0 Å². The van der Waals surface area contributed by atoms with Gasteiger partial charge in [0.05, 0.1) is 23.6 Å². The first-order chi connectivity index (χ1) is 9.20. The molecular weight excluding hydrogens is 242 g/mol. The predicted molar refractivity (Wildman–Crippen MR) is 75.0 cm³/mol. The van der Waals surface area contributed by atoms with Crippen molar-refractivity contribution in [2.24, 2.45) is 0 Å². The molecule has 1 aromatic carbocycles. The van der Waals surface area contributed by atoms with Gasteiger partial charge in [0.2, 0.25) is 0 Å². The van der Waals surface area contributed by atoms with Crippen LogP contribution in [0.3, 0.4) is 0 Å². The molecule has 19 heavy (non-hydrogen) atoms. The normalized spacial score (nSPS) is 12.7. The SMILES string of the molecule is CCCC(O)CNCc1nc2ccccc2c(=O)[nH]1. The second-order valence-corrected chi connectivity index (χ2v) is 4.60. The molecular formula is C14H19N3O2. The molecule has 0 saturated heterocycles. The van der Waals surface area contributed by atoms with E-state index in [4.69, 9.17) is 0 Å². The molecule has 0 bridgehead atoms. The van der Waals surface area contributed by atoms with E-state index in [0.717, 1.165) is 12.8 Å². The van der Waals surface area contributed by atoms with E-state index in [1.807, 2.05) is 25.1 Å². The molecule has 5 heteroatoms. The molecule has 2 rings (SSSR count). The molecule has 1 heterocycles. The second-order valence-electron chi connectivity index (χ2n) is 4.60. The van der Waals surface area contributed by atoms with Gasteiger partial charge in [-0.15, -0.1) is 0 Å². The molecule has 0 amide bonds. The van der Waals surface area contributed by atoms with Gasteiger partial charge in [-0.3, -0.25) is 4.79 Å². The van der Waals surface area contributed by atoms with Crippen molar-refractivity contribution in [3.05, 3.63) is 40.4 Å². The number of rotatable bonds is 6. The highest BCUT2D eigenvalue weighted by Crippen LogP contribution is 2.05. The quantitative estimate of drug-likeness (QED) is 0.729. The van der Waals surface area contributed by atoms with Crippen molar-refractivity contribution >= 4 is 10.9 Å². The predicted octanol–water partition coefficient (Wildman–Crippen LogP) is 1.17. The Balaban J connectivity index is 2.03. The van der Waals surface area contributed by atoms with Gasteiger partial charge < -0.3 is 15.4 Å². The number of aromatic nitrogens is 2. The van der Waals surface area contributed by atoms with Crippen molar-refractivity contribution in [2.75, 3.05) is 6.54 Å². The number of aliphatic hydroxyl groups is 1. The summed E-state index contributed by atoms with van der Waals surface area (Å²) in [5, 5.41) is 13.3.